The van der Waals surface area contributed by atoms with Crippen molar-refractivity contribution in [3.8, 4) is 0 Å². The molecule has 1 aromatic rings. The van der Waals surface area contributed by atoms with Gasteiger partial charge in [-0.2, -0.15) is 4.98 Å². The highest BCUT2D eigenvalue weighted by Gasteiger charge is 2.22. The lowest BCUT2D eigenvalue weighted by atomic mass is 10.00. The Balaban J connectivity index is 1.86. The SMILES string of the molecule is CC1CCN(c2nc(N)c3c(n2)CNC3)CC1. The third-order valence-electron chi connectivity index (χ3n) is 3.77. The number of nitrogens with zero attached hydrogens (tertiary/aromatic N) is 3. The number of nitrogen functional groups attached to an aromatic ring is 1. The zero-order chi connectivity index (χ0) is 11.8. The molecule has 0 amide bonds. The first-order chi connectivity index (χ1) is 8.24. The van der Waals surface area contributed by atoms with E-state index in [4.69, 9.17) is 5.73 Å². The zero-order valence-electron chi connectivity index (χ0n) is 10.2. The van der Waals surface area contributed by atoms with Gasteiger partial charge in [-0.15, -0.1) is 0 Å². The summed E-state index contributed by atoms with van der Waals surface area (Å²) in [5.41, 5.74) is 8.15. The van der Waals surface area contributed by atoms with Gasteiger partial charge in [-0.3, -0.25) is 0 Å². The van der Waals surface area contributed by atoms with E-state index in [2.05, 4.69) is 27.1 Å². The maximum absolute atomic E-state index is 5.99. The largest absolute Gasteiger partial charge is 0.383 e. The van der Waals surface area contributed by atoms with E-state index in [1.54, 1.807) is 0 Å². The molecule has 0 spiro atoms. The highest BCUT2D eigenvalue weighted by atomic mass is 15.3. The van der Waals surface area contributed by atoms with Crippen LogP contribution in [0, 0.1) is 5.92 Å². The minimum atomic E-state index is 0.647. The second kappa shape index (κ2) is 4.14. The lowest BCUT2D eigenvalue weighted by molar-refractivity contribution is 0.434. The van der Waals surface area contributed by atoms with Crippen LogP contribution in [0.15, 0.2) is 0 Å². The number of nitrogens with one attached hydrogen (secondary N) is 1. The second-order valence-electron chi connectivity index (χ2n) is 5.11. The molecule has 5 heteroatoms. The normalized spacial score (nSPS) is 20.6. The van der Waals surface area contributed by atoms with Gasteiger partial charge in [0.1, 0.15) is 5.82 Å². The highest BCUT2D eigenvalue weighted by Crippen LogP contribution is 2.25. The average molecular weight is 233 g/mol. The molecule has 17 heavy (non-hydrogen) atoms. The van der Waals surface area contributed by atoms with Crippen LogP contribution in [-0.4, -0.2) is 23.1 Å². The van der Waals surface area contributed by atoms with E-state index < -0.39 is 0 Å². The standard InChI is InChI=1S/C12H19N5/c1-8-2-4-17(5-3-8)12-15-10-7-14-6-9(10)11(13)16-12/h8,14H,2-7H2,1H3,(H2,13,15,16). The Labute approximate surface area is 101 Å². The maximum Gasteiger partial charge on any atom is 0.227 e. The number of nitrogens with two attached hydrogens (primary N) is 1. The maximum atomic E-state index is 5.99. The summed E-state index contributed by atoms with van der Waals surface area (Å²) in [5.74, 6) is 2.28. The van der Waals surface area contributed by atoms with Crippen LogP contribution >= 0.6 is 0 Å². The van der Waals surface area contributed by atoms with E-state index in [9.17, 15) is 0 Å². The molecule has 5 nitrogen and oxygen atoms in total. The van der Waals surface area contributed by atoms with Gasteiger partial charge in [0.05, 0.1) is 5.69 Å². The molecule has 2 aliphatic rings. The van der Waals surface area contributed by atoms with Gasteiger partial charge >= 0.3 is 0 Å². The van der Waals surface area contributed by atoms with E-state index >= 15 is 0 Å². The minimum Gasteiger partial charge on any atom is -0.383 e. The predicted octanol–water partition coefficient (Wildman–Crippen LogP) is 0.898. The fraction of sp³-hybridized carbons (Fsp3) is 0.667. The molecule has 3 rings (SSSR count). The van der Waals surface area contributed by atoms with Gasteiger partial charge in [-0.05, 0) is 18.8 Å². The van der Waals surface area contributed by atoms with Crippen LogP contribution in [0.3, 0.4) is 0 Å². The van der Waals surface area contributed by atoms with Crippen molar-refractivity contribution in [2.75, 3.05) is 23.7 Å². The van der Waals surface area contributed by atoms with E-state index in [-0.39, 0.29) is 0 Å². The molecular weight excluding hydrogens is 214 g/mol. The Morgan fingerprint density at radius 2 is 2.00 bits per heavy atom. The Morgan fingerprint density at radius 3 is 2.76 bits per heavy atom. The molecule has 0 aromatic carbocycles. The lowest BCUT2D eigenvalue weighted by Crippen LogP contribution is -2.34. The summed E-state index contributed by atoms with van der Waals surface area (Å²) in [4.78, 5) is 11.3. The summed E-state index contributed by atoms with van der Waals surface area (Å²) in [6, 6.07) is 0. The highest BCUT2D eigenvalue weighted by molar-refractivity contribution is 5.49. The van der Waals surface area contributed by atoms with Crippen LogP contribution < -0.4 is 16.0 Å². The number of hydrogen-bond acceptors (Lipinski definition) is 5. The van der Waals surface area contributed by atoms with Crippen molar-refractivity contribution in [3.05, 3.63) is 11.3 Å². The van der Waals surface area contributed by atoms with Crippen LogP contribution in [0.25, 0.3) is 0 Å². The number of anilines is 2. The molecule has 0 radical (unpaired) electrons. The number of hydrogen-bond donors (Lipinski definition) is 2. The van der Waals surface area contributed by atoms with E-state index in [0.717, 1.165) is 49.3 Å². The average Bonchev–Trinajstić information content (AvgIpc) is 2.78. The van der Waals surface area contributed by atoms with Crippen molar-refractivity contribution >= 4 is 11.8 Å². The monoisotopic (exact) mass is 233 g/mol. The number of fused-ring (bicyclic) bond motifs is 1. The van der Waals surface area contributed by atoms with E-state index in [1.807, 2.05) is 0 Å². The molecule has 92 valence electrons. The first-order valence-corrected chi connectivity index (χ1v) is 6.35. The van der Waals surface area contributed by atoms with Gasteiger partial charge in [0.2, 0.25) is 5.95 Å². The first kappa shape index (κ1) is 10.8. The third-order valence-corrected chi connectivity index (χ3v) is 3.77. The molecule has 1 aromatic heterocycles. The molecule has 0 aliphatic carbocycles. The fourth-order valence-corrected chi connectivity index (χ4v) is 2.53. The topological polar surface area (TPSA) is 67.1 Å². The number of aromatic nitrogens is 2. The van der Waals surface area contributed by atoms with Crippen LogP contribution in [0.5, 0.6) is 0 Å². The van der Waals surface area contributed by atoms with E-state index in [1.165, 1.54) is 12.8 Å². The zero-order valence-corrected chi connectivity index (χ0v) is 10.2. The van der Waals surface area contributed by atoms with Crippen molar-refractivity contribution in [1.29, 1.82) is 0 Å². The fourth-order valence-electron chi connectivity index (χ4n) is 2.53. The summed E-state index contributed by atoms with van der Waals surface area (Å²) in [6.07, 6.45) is 2.44. The predicted molar refractivity (Wildman–Crippen MR) is 67.6 cm³/mol. The lowest BCUT2D eigenvalue weighted by Gasteiger charge is -2.30. The molecule has 0 unspecified atom stereocenters. The Kier molecular flexibility index (Phi) is 2.63. The molecule has 3 heterocycles. The molecule has 0 saturated carbocycles. The van der Waals surface area contributed by atoms with Gasteiger partial charge in [0.25, 0.3) is 0 Å². The van der Waals surface area contributed by atoms with Crippen LogP contribution in [0.1, 0.15) is 31.0 Å². The van der Waals surface area contributed by atoms with Crippen molar-refractivity contribution in [3.63, 3.8) is 0 Å². The Morgan fingerprint density at radius 1 is 1.24 bits per heavy atom. The molecule has 0 atom stereocenters. The van der Waals surface area contributed by atoms with E-state index in [0.29, 0.717) is 5.82 Å². The number of rotatable bonds is 1. The minimum absolute atomic E-state index is 0.647. The van der Waals surface area contributed by atoms with Gasteiger partial charge < -0.3 is 16.0 Å². The van der Waals surface area contributed by atoms with Crippen molar-refractivity contribution < 1.29 is 0 Å². The summed E-state index contributed by atoms with van der Waals surface area (Å²) in [7, 11) is 0. The van der Waals surface area contributed by atoms with Gasteiger partial charge in [0, 0.05) is 31.7 Å². The molecule has 0 bridgehead atoms. The molecule has 1 saturated heterocycles. The quantitative estimate of drug-likeness (QED) is 0.754. The summed E-state index contributed by atoms with van der Waals surface area (Å²) in [5, 5.41) is 3.26. The van der Waals surface area contributed by atoms with Crippen molar-refractivity contribution in [1.82, 2.24) is 15.3 Å². The van der Waals surface area contributed by atoms with Gasteiger partial charge in [-0.1, -0.05) is 6.92 Å². The third kappa shape index (κ3) is 1.95. The Hall–Kier alpha value is -1.36. The first-order valence-electron chi connectivity index (χ1n) is 6.35. The number of piperidine rings is 1. The molecular formula is C12H19N5. The van der Waals surface area contributed by atoms with Gasteiger partial charge in [-0.25, -0.2) is 4.98 Å². The van der Waals surface area contributed by atoms with Crippen LogP contribution in [-0.2, 0) is 13.1 Å². The summed E-state index contributed by atoms with van der Waals surface area (Å²) < 4.78 is 0. The Bertz CT molecular complexity index is 423. The second-order valence-corrected chi connectivity index (χ2v) is 5.11. The smallest absolute Gasteiger partial charge is 0.227 e. The van der Waals surface area contributed by atoms with Crippen molar-refractivity contribution in [2.45, 2.75) is 32.9 Å². The van der Waals surface area contributed by atoms with Crippen molar-refractivity contribution in [2.24, 2.45) is 5.92 Å². The molecule has 1 fully saturated rings. The summed E-state index contributed by atoms with van der Waals surface area (Å²) in [6.45, 7) is 6.02. The summed E-state index contributed by atoms with van der Waals surface area (Å²) >= 11 is 0. The molecule has 2 aliphatic heterocycles. The van der Waals surface area contributed by atoms with Crippen LogP contribution in [0.4, 0.5) is 11.8 Å². The van der Waals surface area contributed by atoms with Gasteiger partial charge in [0.15, 0.2) is 0 Å². The molecule has 3 N–H and O–H groups in total. The van der Waals surface area contributed by atoms with Crippen LogP contribution in [0.2, 0.25) is 0 Å².